The summed E-state index contributed by atoms with van der Waals surface area (Å²) in [6, 6.07) is 5.14. The van der Waals surface area contributed by atoms with Crippen molar-refractivity contribution >= 4 is 21.8 Å². The summed E-state index contributed by atoms with van der Waals surface area (Å²) in [6.45, 7) is 0.267. The molecule has 17 heavy (non-hydrogen) atoms. The molecular weight excluding hydrogens is 294 g/mol. The minimum atomic E-state index is -3.08. The molecule has 0 spiro atoms. The van der Waals surface area contributed by atoms with Crippen LogP contribution >= 0.6 is 15.9 Å². The van der Waals surface area contributed by atoms with Crippen LogP contribution in [-0.4, -0.2) is 24.9 Å². The number of aryl methyl sites for hydroxylation is 1. The fraction of sp³-hybridized carbons (Fsp3) is 0.364. The molecule has 0 aliphatic rings. The van der Waals surface area contributed by atoms with E-state index in [2.05, 4.69) is 21.2 Å². The maximum atomic E-state index is 12.9. The Hall–Kier alpha value is -1.01. The van der Waals surface area contributed by atoms with Gasteiger partial charge in [-0.3, -0.25) is 4.79 Å². The minimum absolute atomic E-state index is 0.331. The van der Waals surface area contributed by atoms with Gasteiger partial charge in [0.25, 0.3) is 11.8 Å². The molecule has 0 saturated heterocycles. The molecule has 6 heteroatoms. The van der Waals surface area contributed by atoms with Gasteiger partial charge in [-0.25, -0.2) is 8.78 Å². The average Bonchev–Trinajstić information content (AvgIpc) is 2.29. The number of nitrogens with two attached hydrogens (primary N) is 1. The lowest BCUT2D eigenvalue weighted by Crippen LogP contribution is -2.41. The van der Waals surface area contributed by atoms with E-state index in [1.165, 1.54) is 0 Å². The monoisotopic (exact) mass is 306 g/mol. The highest BCUT2D eigenvalue weighted by molar-refractivity contribution is 9.10. The van der Waals surface area contributed by atoms with Crippen LogP contribution in [0.4, 0.5) is 8.78 Å². The first-order valence-electron chi connectivity index (χ1n) is 4.98. The third kappa shape index (κ3) is 4.05. The van der Waals surface area contributed by atoms with Crippen LogP contribution in [0.25, 0.3) is 0 Å². The standard InChI is InChI=1S/C11H13BrF2N2O/c1-7-2-3-9(12)8(4-7)10(17)16-6-11(13,14)5-15/h2-4H,5-6,15H2,1H3,(H,16,17). The molecule has 0 unspecified atom stereocenters. The van der Waals surface area contributed by atoms with Gasteiger partial charge < -0.3 is 11.1 Å². The summed E-state index contributed by atoms with van der Waals surface area (Å²) in [6.07, 6.45) is 0. The highest BCUT2D eigenvalue weighted by Gasteiger charge is 2.27. The number of carbonyl (C=O) groups excluding carboxylic acids is 1. The van der Waals surface area contributed by atoms with Crippen LogP contribution in [0.5, 0.6) is 0 Å². The molecule has 0 fully saturated rings. The van der Waals surface area contributed by atoms with E-state index < -0.39 is 24.9 Å². The molecule has 94 valence electrons. The summed E-state index contributed by atoms with van der Waals surface area (Å²) in [5.74, 6) is -3.62. The second-order valence-corrected chi connectivity index (χ2v) is 4.58. The molecule has 1 rings (SSSR count). The van der Waals surface area contributed by atoms with Crippen molar-refractivity contribution in [3.05, 3.63) is 33.8 Å². The van der Waals surface area contributed by atoms with Gasteiger partial charge in [-0.1, -0.05) is 11.6 Å². The van der Waals surface area contributed by atoms with Gasteiger partial charge in [0.15, 0.2) is 0 Å². The van der Waals surface area contributed by atoms with E-state index in [1.807, 2.05) is 13.0 Å². The Balaban J connectivity index is 2.74. The Morgan fingerprint density at radius 3 is 2.76 bits per heavy atom. The largest absolute Gasteiger partial charge is 0.346 e. The molecule has 1 amide bonds. The van der Waals surface area contributed by atoms with Crippen LogP contribution in [0, 0.1) is 6.92 Å². The van der Waals surface area contributed by atoms with Crippen LogP contribution in [0.3, 0.4) is 0 Å². The molecule has 0 bridgehead atoms. The Bertz CT molecular complexity index is 424. The number of benzene rings is 1. The lowest BCUT2D eigenvalue weighted by atomic mass is 10.1. The van der Waals surface area contributed by atoms with Crippen molar-refractivity contribution in [3.63, 3.8) is 0 Å². The Kier molecular flexibility index (Phi) is 4.59. The smallest absolute Gasteiger partial charge is 0.277 e. The normalized spacial score (nSPS) is 11.4. The zero-order valence-corrected chi connectivity index (χ0v) is 10.9. The van der Waals surface area contributed by atoms with Crippen LogP contribution in [0.2, 0.25) is 0 Å². The fourth-order valence-corrected chi connectivity index (χ4v) is 1.62. The molecule has 0 heterocycles. The number of hydrogen-bond donors (Lipinski definition) is 2. The molecule has 0 aromatic heterocycles. The van der Waals surface area contributed by atoms with Crippen molar-refractivity contribution in [2.24, 2.45) is 5.73 Å². The molecule has 3 nitrogen and oxygen atoms in total. The third-order valence-corrected chi connectivity index (χ3v) is 2.86. The average molecular weight is 307 g/mol. The van der Waals surface area contributed by atoms with Crippen LogP contribution in [0.1, 0.15) is 15.9 Å². The Morgan fingerprint density at radius 1 is 1.53 bits per heavy atom. The van der Waals surface area contributed by atoms with Gasteiger partial charge in [0.05, 0.1) is 18.7 Å². The molecule has 0 saturated carbocycles. The van der Waals surface area contributed by atoms with E-state index in [0.29, 0.717) is 10.0 Å². The fourth-order valence-electron chi connectivity index (χ4n) is 1.19. The first-order chi connectivity index (χ1) is 7.85. The number of hydrogen-bond acceptors (Lipinski definition) is 2. The van der Waals surface area contributed by atoms with Gasteiger partial charge in [0.2, 0.25) is 0 Å². The first-order valence-corrected chi connectivity index (χ1v) is 5.77. The predicted molar refractivity (Wildman–Crippen MR) is 65.2 cm³/mol. The zero-order valence-electron chi connectivity index (χ0n) is 9.27. The summed E-state index contributed by atoms with van der Waals surface area (Å²) in [4.78, 5) is 11.7. The second kappa shape index (κ2) is 5.55. The Morgan fingerprint density at radius 2 is 2.18 bits per heavy atom. The molecule has 3 N–H and O–H groups in total. The molecule has 0 atom stereocenters. The van der Waals surface area contributed by atoms with Crippen molar-refractivity contribution in [3.8, 4) is 0 Å². The van der Waals surface area contributed by atoms with Crippen molar-refractivity contribution in [1.29, 1.82) is 0 Å². The maximum Gasteiger partial charge on any atom is 0.277 e. The number of alkyl halides is 2. The summed E-state index contributed by atoms with van der Waals surface area (Å²) < 4.78 is 26.3. The second-order valence-electron chi connectivity index (χ2n) is 3.73. The van der Waals surface area contributed by atoms with Gasteiger partial charge >= 0.3 is 0 Å². The van der Waals surface area contributed by atoms with E-state index in [0.717, 1.165) is 5.56 Å². The zero-order chi connectivity index (χ0) is 13.1. The summed E-state index contributed by atoms with van der Waals surface area (Å²) in [5, 5.41) is 2.16. The van der Waals surface area contributed by atoms with Crippen molar-refractivity contribution in [1.82, 2.24) is 5.32 Å². The Labute approximate surface area is 107 Å². The predicted octanol–water partition coefficient (Wildman–Crippen LogP) is 2.08. The van der Waals surface area contributed by atoms with E-state index in [1.54, 1.807) is 12.1 Å². The number of halogens is 3. The number of rotatable bonds is 4. The topological polar surface area (TPSA) is 55.1 Å². The van der Waals surface area contributed by atoms with E-state index in [4.69, 9.17) is 5.73 Å². The SMILES string of the molecule is Cc1ccc(Br)c(C(=O)NCC(F)(F)CN)c1. The lowest BCUT2D eigenvalue weighted by molar-refractivity contribution is 0.0118. The highest BCUT2D eigenvalue weighted by Crippen LogP contribution is 2.18. The number of amides is 1. The molecule has 0 radical (unpaired) electrons. The van der Waals surface area contributed by atoms with E-state index in [9.17, 15) is 13.6 Å². The summed E-state index contributed by atoms with van der Waals surface area (Å²) in [7, 11) is 0. The lowest BCUT2D eigenvalue weighted by Gasteiger charge is -2.15. The van der Waals surface area contributed by atoms with Crippen molar-refractivity contribution < 1.29 is 13.6 Å². The van der Waals surface area contributed by atoms with Crippen LogP contribution in [-0.2, 0) is 0 Å². The maximum absolute atomic E-state index is 12.9. The molecular formula is C11H13BrF2N2O. The van der Waals surface area contributed by atoms with Crippen molar-refractivity contribution in [2.75, 3.05) is 13.1 Å². The van der Waals surface area contributed by atoms with Crippen LogP contribution < -0.4 is 11.1 Å². The van der Waals surface area contributed by atoms with E-state index >= 15 is 0 Å². The quantitative estimate of drug-likeness (QED) is 0.895. The first kappa shape index (κ1) is 14.1. The molecule has 0 aliphatic carbocycles. The third-order valence-electron chi connectivity index (χ3n) is 2.17. The molecule has 0 aliphatic heterocycles. The minimum Gasteiger partial charge on any atom is -0.346 e. The summed E-state index contributed by atoms with van der Waals surface area (Å²) in [5.41, 5.74) is 6.08. The number of carbonyl (C=O) groups is 1. The van der Waals surface area contributed by atoms with E-state index in [-0.39, 0.29) is 0 Å². The molecule has 1 aromatic carbocycles. The molecule has 1 aromatic rings. The van der Waals surface area contributed by atoms with Gasteiger partial charge in [-0.15, -0.1) is 0 Å². The van der Waals surface area contributed by atoms with Crippen LogP contribution in [0.15, 0.2) is 22.7 Å². The number of nitrogens with one attached hydrogen (secondary N) is 1. The van der Waals surface area contributed by atoms with Gasteiger partial charge in [-0.05, 0) is 35.0 Å². The van der Waals surface area contributed by atoms with Gasteiger partial charge in [-0.2, -0.15) is 0 Å². The van der Waals surface area contributed by atoms with Gasteiger partial charge in [0.1, 0.15) is 0 Å². The summed E-state index contributed by atoms with van der Waals surface area (Å²) >= 11 is 3.20. The highest BCUT2D eigenvalue weighted by atomic mass is 79.9. The van der Waals surface area contributed by atoms with Crippen molar-refractivity contribution in [2.45, 2.75) is 12.8 Å². The van der Waals surface area contributed by atoms with Gasteiger partial charge in [0, 0.05) is 4.47 Å².